The van der Waals surface area contributed by atoms with Gasteiger partial charge in [-0.1, -0.05) is 6.07 Å². The first-order chi connectivity index (χ1) is 9.43. The predicted molar refractivity (Wildman–Crippen MR) is 80.3 cm³/mol. The molecule has 112 valence electrons. The lowest BCUT2D eigenvalue weighted by atomic mass is 10.1. The van der Waals surface area contributed by atoms with Crippen molar-refractivity contribution in [3.63, 3.8) is 0 Å². The van der Waals surface area contributed by atoms with Crippen LogP contribution in [0.2, 0.25) is 0 Å². The fourth-order valence-corrected chi connectivity index (χ4v) is 3.23. The summed E-state index contributed by atoms with van der Waals surface area (Å²) in [6.45, 7) is 4.47. The van der Waals surface area contributed by atoms with E-state index in [4.69, 9.17) is 0 Å². The van der Waals surface area contributed by atoms with E-state index in [1.165, 1.54) is 10.6 Å². The minimum absolute atomic E-state index is 0.214. The van der Waals surface area contributed by atoms with E-state index in [0.29, 0.717) is 26.2 Å². The van der Waals surface area contributed by atoms with Crippen molar-refractivity contribution in [2.45, 2.75) is 13.0 Å². The Balaban J connectivity index is 2.15. The Labute approximate surface area is 120 Å². The van der Waals surface area contributed by atoms with Crippen LogP contribution >= 0.6 is 0 Å². The molecule has 0 radical (unpaired) electrons. The molecule has 1 aromatic rings. The van der Waals surface area contributed by atoms with Crippen LogP contribution in [-0.4, -0.2) is 57.2 Å². The minimum atomic E-state index is -3.09. The van der Waals surface area contributed by atoms with Gasteiger partial charge >= 0.3 is 0 Å². The Hall–Kier alpha value is -1.18. The van der Waals surface area contributed by atoms with Gasteiger partial charge in [-0.3, -0.25) is 0 Å². The summed E-state index contributed by atoms with van der Waals surface area (Å²) in [5, 5.41) is 3.22. The average molecular weight is 298 g/mol. The molecule has 0 aromatic carbocycles. The Morgan fingerprint density at radius 2 is 1.95 bits per heavy atom. The van der Waals surface area contributed by atoms with Crippen LogP contribution in [0.15, 0.2) is 18.3 Å². The summed E-state index contributed by atoms with van der Waals surface area (Å²) in [6.07, 6.45) is 3.04. The van der Waals surface area contributed by atoms with E-state index in [1.54, 1.807) is 6.20 Å². The maximum atomic E-state index is 11.5. The number of sulfonamides is 1. The minimum Gasteiger partial charge on any atom is -0.354 e. The zero-order valence-corrected chi connectivity index (χ0v) is 13.0. The fraction of sp³-hybridized carbons (Fsp3) is 0.615. The molecule has 0 bridgehead atoms. The molecule has 7 heteroatoms. The Kier molecular flexibility index (Phi) is 4.62. The zero-order valence-electron chi connectivity index (χ0n) is 12.2. The smallest absolute Gasteiger partial charge is 0.211 e. The summed E-state index contributed by atoms with van der Waals surface area (Å²) in [5.41, 5.74) is 1.14. The van der Waals surface area contributed by atoms with E-state index in [9.17, 15) is 8.42 Å². The molecule has 1 saturated heterocycles. The quantitative estimate of drug-likeness (QED) is 0.874. The van der Waals surface area contributed by atoms with Gasteiger partial charge in [0.15, 0.2) is 0 Å². The van der Waals surface area contributed by atoms with E-state index in [2.05, 4.69) is 28.2 Å². The maximum Gasteiger partial charge on any atom is 0.211 e. The van der Waals surface area contributed by atoms with Crippen molar-refractivity contribution in [3.05, 3.63) is 23.9 Å². The Morgan fingerprint density at radius 3 is 2.50 bits per heavy atom. The highest BCUT2D eigenvalue weighted by Gasteiger charge is 2.25. The van der Waals surface area contributed by atoms with Crippen LogP contribution in [0.25, 0.3) is 0 Å². The Morgan fingerprint density at radius 1 is 1.30 bits per heavy atom. The molecule has 6 nitrogen and oxygen atoms in total. The molecule has 2 heterocycles. The normalized spacial score (nSPS) is 19.1. The van der Waals surface area contributed by atoms with Crippen LogP contribution in [0.3, 0.4) is 0 Å². The lowest BCUT2D eigenvalue weighted by molar-refractivity contribution is 0.386. The van der Waals surface area contributed by atoms with Crippen LogP contribution < -0.4 is 10.2 Å². The van der Waals surface area contributed by atoms with E-state index in [-0.39, 0.29) is 6.04 Å². The van der Waals surface area contributed by atoms with Gasteiger partial charge in [-0.2, -0.15) is 4.31 Å². The van der Waals surface area contributed by atoms with E-state index >= 15 is 0 Å². The molecular weight excluding hydrogens is 276 g/mol. The standard InChI is InChI=1S/C13H22N4O2S/c1-11(14-2)12-5-4-6-15-13(12)16-7-9-17(10-8-16)20(3,18)19/h4-6,11,14H,7-10H2,1-3H3. The van der Waals surface area contributed by atoms with Crippen molar-refractivity contribution in [1.82, 2.24) is 14.6 Å². The van der Waals surface area contributed by atoms with Crippen LogP contribution in [0.5, 0.6) is 0 Å². The molecule has 1 unspecified atom stereocenters. The molecule has 0 amide bonds. The number of pyridine rings is 1. The second-order valence-electron chi connectivity index (χ2n) is 5.08. The van der Waals surface area contributed by atoms with Gasteiger partial charge in [0.05, 0.1) is 6.26 Å². The van der Waals surface area contributed by atoms with Crippen LogP contribution in [0, 0.1) is 0 Å². The van der Waals surface area contributed by atoms with Gasteiger partial charge in [0.2, 0.25) is 10.0 Å². The first-order valence-electron chi connectivity index (χ1n) is 6.75. The maximum absolute atomic E-state index is 11.5. The second-order valence-corrected chi connectivity index (χ2v) is 7.06. The molecule has 0 aliphatic carbocycles. The van der Waals surface area contributed by atoms with Gasteiger partial charge in [0.1, 0.15) is 5.82 Å². The lowest BCUT2D eigenvalue weighted by Gasteiger charge is -2.35. The van der Waals surface area contributed by atoms with Crippen molar-refractivity contribution in [1.29, 1.82) is 0 Å². The third-order valence-corrected chi connectivity index (χ3v) is 5.03. The van der Waals surface area contributed by atoms with Gasteiger partial charge < -0.3 is 10.2 Å². The van der Waals surface area contributed by atoms with Crippen molar-refractivity contribution >= 4 is 15.8 Å². The molecule has 0 saturated carbocycles. The predicted octanol–water partition coefficient (Wildman–Crippen LogP) is 0.444. The van der Waals surface area contributed by atoms with E-state index < -0.39 is 10.0 Å². The summed E-state index contributed by atoms with van der Waals surface area (Å²) >= 11 is 0. The van der Waals surface area contributed by atoms with Gasteiger partial charge in [0.25, 0.3) is 0 Å². The largest absolute Gasteiger partial charge is 0.354 e. The van der Waals surface area contributed by atoms with Crippen molar-refractivity contribution in [3.8, 4) is 0 Å². The van der Waals surface area contributed by atoms with Crippen molar-refractivity contribution in [2.24, 2.45) is 0 Å². The molecule has 20 heavy (non-hydrogen) atoms. The van der Waals surface area contributed by atoms with Crippen LogP contribution in [-0.2, 0) is 10.0 Å². The summed E-state index contributed by atoms with van der Waals surface area (Å²) in [4.78, 5) is 6.63. The van der Waals surface area contributed by atoms with Gasteiger partial charge in [0, 0.05) is 44.0 Å². The monoisotopic (exact) mass is 298 g/mol. The first-order valence-corrected chi connectivity index (χ1v) is 8.60. The molecule has 0 spiro atoms. The van der Waals surface area contributed by atoms with E-state index in [0.717, 1.165) is 11.4 Å². The summed E-state index contributed by atoms with van der Waals surface area (Å²) in [6, 6.07) is 4.21. The Bertz CT molecular complexity index is 553. The number of aromatic nitrogens is 1. The molecule has 1 N–H and O–H groups in total. The van der Waals surface area contributed by atoms with Gasteiger partial charge in [-0.15, -0.1) is 0 Å². The number of hydrogen-bond donors (Lipinski definition) is 1. The molecule has 1 aliphatic rings. The van der Waals surface area contributed by atoms with Crippen molar-refractivity contribution in [2.75, 3.05) is 44.4 Å². The lowest BCUT2D eigenvalue weighted by Crippen LogP contribution is -2.49. The number of nitrogens with one attached hydrogen (secondary N) is 1. The number of hydrogen-bond acceptors (Lipinski definition) is 5. The first kappa shape index (κ1) is 15.2. The molecular formula is C13H22N4O2S. The molecule has 2 rings (SSSR count). The van der Waals surface area contributed by atoms with E-state index in [1.807, 2.05) is 13.1 Å². The summed E-state index contributed by atoms with van der Waals surface area (Å²) < 4.78 is 24.6. The molecule has 1 fully saturated rings. The van der Waals surface area contributed by atoms with Gasteiger partial charge in [-0.05, 0) is 20.0 Å². The highest BCUT2D eigenvalue weighted by atomic mass is 32.2. The van der Waals surface area contributed by atoms with Gasteiger partial charge in [-0.25, -0.2) is 13.4 Å². The van der Waals surface area contributed by atoms with Crippen LogP contribution in [0.4, 0.5) is 5.82 Å². The topological polar surface area (TPSA) is 65.5 Å². The number of piperazine rings is 1. The molecule has 1 atom stereocenters. The number of rotatable bonds is 4. The molecule has 1 aromatic heterocycles. The van der Waals surface area contributed by atoms with Crippen LogP contribution in [0.1, 0.15) is 18.5 Å². The summed E-state index contributed by atoms with van der Waals surface area (Å²) in [7, 11) is -1.17. The number of anilines is 1. The third kappa shape index (κ3) is 3.28. The van der Waals surface area contributed by atoms with Crippen molar-refractivity contribution < 1.29 is 8.42 Å². The SMILES string of the molecule is CNC(C)c1cccnc1N1CCN(S(C)(=O)=O)CC1. The fourth-order valence-electron chi connectivity index (χ4n) is 2.40. The molecule has 1 aliphatic heterocycles. The second kappa shape index (κ2) is 6.07. The zero-order chi connectivity index (χ0) is 14.8. The number of nitrogens with zero attached hydrogens (tertiary/aromatic N) is 3. The third-order valence-electron chi connectivity index (χ3n) is 3.72. The summed E-state index contributed by atoms with van der Waals surface area (Å²) in [5.74, 6) is 0.947. The highest BCUT2D eigenvalue weighted by molar-refractivity contribution is 7.88. The average Bonchev–Trinajstić information content (AvgIpc) is 2.45. The highest BCUT2D eigenvalue weighted by Crippen LogP contribution is 2.24.